The molecule has 1 aromatic heterocycles. The molecule has 26 heavy (non-hydrogen) atoms. The third-order valence-electron chi connectivity index (χ3n) is 3.87. The van der Waals surface area contributed by atoms with Gasteiger partial charge in [0.05, 0.1) is 0 Å². The summed E-state index contributed by atoms with van der Waals surface area (Å²) in [6, 6.07) is 16.1. The molecule has 3 aromatic rings. The number of rotatable bonds is 6. The number of amides is 1. The molecule has 0 radical (unpaired) electrons. The van der Waals surface area contributed by atoms with E-state index in [1.165, 1.54) is 6.92 Å². The Kier molecular flexibility index (Phi) is 5.12. The lowest BCUT2D eigenvalue weighted by Gasteiger charge is -2.08. The molecule has 6 heteroatoms. The summed E-state index contributed by atoms with van der Waals surface area (Å²) in [6.45, 7) is 3.68. The number of hydrogen-bond donors (Lipinski definition) is 1. The number of ether oxygens (including phenoxy) is 1. The fourth-order valence-corrected chi connectivity index (χ4v) is 2.39. The topological polar surface area (TPSA) is 73.2 Å². The number of hydrogen-bond acceptors (Lipinski definition) is 4. The van der Waals surface area contributed by atoms with Gasteiger partial charge in [-0.1, -0.05) is 18.2 Å². The quantitative estimate of drug-likeness (QED) is 0.689. The van der Waals surface area contributed by atoms with Crippen molar-refractivity contribution in [1.82, 2.24) is 9.78 Å². The van der Waals surface area contributed by atoms with Crippen LogP contribution in [0.5, 0.6) is 5.75 Å². The van der Waals surface area contributed by atoms with Crippen molar-refractivity contribution in [2.45, 2.75) is 20.6 Å². The molecule has 0 atom stereocenters. The maximum Gasteiger partial charge on any atom is 0.276 e. The molecule has 0 saturated carbocycles. The van der Waals surface area contributed by atoms with Crippen LogP contribution in [0.4, 0.5) is 5.69 Å². The van der Waals surface area contributed by atoms with Crippen molar-refractivity contribution in [2.75, 3.05) is 5.32 Å². The minimum absolute atomic E-state index is 0.0183. The Labute approximate surface area is 151 Å². The number of para-hydroxylation sites is 1. The maximum atomic E-state index is 12.3. The lowest BCUT2D eigenvalue weighted by atomic mass is 10.1. The third kappa shape index (κ3) is 4.16. The molecule has 0 unspecified atom stereocenters. The number of carbonyl (C=O) groups excluding carboxylic acids is 2. The van der Waals surface area contributed by atoms with Crippen molar-refractivity contribution in [3.8, 4) is 5.75 Å². The van der Waals surface area contributed by atoms with Crippen LogP contribution in [0.15, 0.2) is 60.8 Å². The first-order valence-electron chi connectivity index (χ1n) is 8.17. The largest absolute Gasteiger partial charge is 0.471 e. The summed E-state index contributed by atoms with van der Waals surface area (Å²) in [6.07, 6.45) is 1.69. The van der Waals surface area contributed by atoms with Gasteiger partial charge in [0.15, 0.2) is 18.2 Å². The maximum absolute atomic E-state index is 12.3. The van der Waals surface area contributed by atoms with Crippen molar-refractivity contribution >= 4 is 17.4 Å². The molecule has 0 spiro atoms. The van der Waals surface area contributed by atoms with E-state index < -0.39 is 0 Å². The zero-order valence-electron chi connectivity index (χ0n) is 14.6. The summed E-state index contributed by atoms with van der Waals surface area (Å²) in [7, 11) is 0. The average Bonchev–Trinajstić information content (AvgIpc) is 3.11. The number of anilines is 1. The fourth-order valence-electron chi connectivity index (χ4n) is 2.39. The zero-order chi connectivity index (χ0) is 18.5. The summed E-state index contributed by atoms with van der Waals surface area (Å²) < 4.78 is 7.26. The summed E-state index contributed by atoms with van der Waals surface area (Å²) in [5, 5.41) is 6.98. The van der Waals surface area contributed by atoms with Gasteiger partial charge in [0.2, 0.25) is 0 Å². The number of nitrogens with zero attached hydrogens (tertiary/aromatic N) is 2. The Balaban J connectivity index is 1.60. The monoisotopic (exact) mass is 349 g/mol. The first kappa shape index (κ1) is 17.4. The molecule has 0 saturated heterocycles. The van der Waals surface area contributed by atoms with Crippen molar-refractivity contribution in [2.24, 2.45) is 0 Å². The van der Waals surface area contributed by atoms with Crippen LogP contribution in [0.2, 0.25) is 0 Å². The van der Waals surface area contributed by atoms with Gasteiger partial charge >= 0.3 is 0 Å². The zero-order valence-corrected chi connectivity index (χ0v) is 14.6. The third-order valence-corrected chi connectivity index (χ3v) is 3.87. The number of aryl methyl sites for hydroxylation is 1. The van der Waals surface area contributed by atoms with Gasteiger partial charge in [-0.25, -0.2) is 4.68 Å². The van der Waals surface area contributed by atoms with Crippen LogP contribution < -0.4 is 10.1 Å². The van der Waals surface area contributed by atoms with Crippen LogP contribution in [-0.4, -0.2) is 21.5 Å². The highest BCUT2D eigenvalue weighted by Crippen LogP contribution is 2.16. The molecule has 1 N–H and O–H groups in total. The van der Waals surface area contributed by atoms with Crippen LogP contribution >= 0.6 is 0 Å². The van der Waals surface area contributed by atoms with E-state index in [1.54, 1.807) is 41.2 Å². The molecule has 1 heterocycles. The van der Waals surface area contributed by atoms with E-state index in [4.69, 9.17) is 4.74 Å². The van der Waals surface area contributed by atoms with E-state index in [0.717, 1.165) is 11.3 Å². The molecule has 132 valence electrons. The predicted molar refractivity (Wildman–Crippen MR) is 98.4 cm³/mol. The van der Waals surface area contributed by atoms with Gasteiger partial charge in [0, 0.05) is 17.4 Å². The second kappa shape index (κ2) is 7.65. The number of ketones is 1. The SMILES string of the molecule is CC(=O)c1ccc(NC(=O)c2ccn(COc3ccccc3C)n2)cc1. The summed E-state index contributed by atoms with van der Waals surface area (Å²) in [5.41, 5.74) is 2.52. The van der Waals surface area contributed by atoms with Crippen molar-refractivity contribution in [1.29, 1.82) is 0 Å². The minimum Gasteiger partial charge on any atom is -0.471 e. The normalized spacial score (nSPS) is 10.4. The Morgan fingerprint density at radius 3 is 2.50 bits per heavy atom. The molecule has 0 bridgehead atoms. The van der Waals surface area contributed by atoms with Gasteiger partial charge in [-0.3, -0.25) is 9.59 Å². The number of nitrogens with one attached hydrogen (secondary N) is 1. The molecule has 0 fully saturated rings. The van der Waals surface area contributed by atoms with Gasteiger partial charge in [-0.05, 0) is 55.8 Å². The van der Waals surface area contributed by atoms with Gasteiger partial charge < -0.3 is 10.1 Å². The van der Waals surface area contributed by atoms with E-state index in [1.807, 2.05) is 31.2 Å². The Morgan fingerprint density at radius 1 is 1.08 bits per heavy atom. The van der Waals surface area contributed by atoms with Crippen molar-refractivity contribution < 1.29 is 14.3 Å². The predicted octanol–water partition coefficient (Wildman–Crippen LogP) is 3.68. The fraction of sp³-hybridized carbons (Fsp3) is 0.150. The lowest BCUT2D eigenvalue weighted by Crippen LogP contribution is -2.14. The molecule has 6 nitrogen and oxygen atoms in total. The van der Waals surface area contributed by atoms with E-state index in [0.29, 0.717) is 11.3 Å². The second-order valence-electron chi connectivity index (χ2n) is 5.87. The first-order chi connectivity index (χ1) is 12.5. The Bertz CT molecular complexity index is 929. The van der Waals surface area contributed by atoms with Gasteiger partial charge in [0.1, 0.15) is 5.75 Å². The molecule has 1 amide bonds. The Hall–Kier alpha value is -3.41. The molecule has 3 rings (SSSR count). The van der Waals surface area contributed by atoms with Crippen LogP contribution in [0.25, 0.3) is 0 Å². The van der Waals surface area contributed by atoms with E-state index in [9.17, 15) is 9.59 Å². The first-order valence-corrected chi connectivity index (χ1v) is 8.17. The summed E-state index contributed by atoms with van der Waals surface area (Å²) in [4.78, 5) is 23.6. The minimum atomic E-state index is -0.324. The smallest absolute Gasteiger partial charge is 0.276 e. The van der Waals surface area contributed by atoms with Crippen LogP contribution in [0.1, 0.15) is 33.3 Å². The highest BCUT2D eigenvalue weighted by atomic mass is 16.5. The summed E-state index contributed by atoms with van der Waals surface area (Å²) >= 11 is 0. The summed E-state index contributed by atoms with van der Waals surface area (Å²) in [5.74, 6) is 0.435. The van der Waals surface area contributed by atoms with E-state index in [2.05, 4.69) is 10.4 Å². The van der Waals surface area contributed by atoms with Crippen LogP contribution in [0, 0.1) is 6.92 Å². The number of carbonyl (C=O) groups is 2. The lowest BCUT2D eigenvalue weighted by molar-refractivity contribution is 0.101. The average molecular weight is 349 g/mol. The van der Waals surface area contributed by atoms with E-state index in [-0.39, 0.29) is 24.1 Å². The van der Waals surface area contributed by atoms with Crippen LogP contribution in [-0.2, 0) is 6.73 Å². The molecule has 0 aliphatic heterocycles. The number of aromatic nitrogens is 2. The molecule has 0 aliphatic rings. The van der Waals surface area contributed by atoms with Crippen LogP contribution in [0.3, 0.4) is 0 Å². The molecule has 2 aromatic carbocycles. The number of benzene rings is 2. The highest BCUT2D eigenvalue weighted by Gasteiger charge is 2.10. The highest BCUT2D eigenvalue weighted by molar-refractivity contribution is 6.03. The Morgan fingerprint density at radius 2 is 1.81 bits per heavy atom. The van der Waals surface area contributed by atoms with Crippen molar-refractivity contribution in [3.05, 3.63) is 77.6 Å². The van der Waals surface area contributed by atoms with Gasteiger partial charge in [0.25, 0.3) is 5.91 Å². The number of Topliss-reactive ketones (excluding diaryl/α,β-unsaturated/α-hetero) is 1. The van der Waals surface area contributed by atoms with E-state index >= 15 is 0 Å². The molecule has 0 aliphatic carbocycles. The second-order valence-corrected chi connectivity index (χ2v) is 5.87. The van der Waals surface area contributed by atoms with Crippen molar-refractivity contribution in [3.63, 3.8) is 0 Å². The standard InChI is InChI=1S/C20H19N3O3/c1-14-5-3-4-6-19(14)26-13-23-12-11-18(22-23)20(25)21-17-9-7-16(8-10-17)15(2)24/h3-12H,13H2,1-2H3,(H,21,25). The van der Waals surface area contributed by atoms with Gasteiger partial charge in [-0.2, -0.15) is 5.10 Å². The van der Waals surface area contributed by atoms with Gasteiger partial charge in [-0.15, -0.1) is 0 Å². The molecular formula is C20H19N3O3. The molecular weight excluding hydrogens is 330 g/mol.